The van der Waals surface area contributed by atoms with E-state index in [0.29, 0.717) is 0 Å². The second-order valence-electron chi connectivity index (χ2n) is 4.14. The van der Waals surface area contributed by atoms with Crippen molar-refractivity contribution in [1.82, 2.24) is 0 Å². The second kappa shape index (κ2) is 6.03. The van der Waals surface area contributed by atoms with Crippen LogP contribution in [-0.2, 0) is 19.1 Å². The normalized spacial score (nSPS) is 12.1. The third kappa shape index (κ3) is 2.43. The number of hydrogen-bond acceptors (Lipinski definition) is 7. The number of ketones is 2. The van der Waals surface area contributed by atoms with Gasteiger partial charge in [0, 0.05) is 6.92 Å². The summed E-state index contributed by atoms with van der Waals surface area (Å²) in [4.78, 5) is 34.6. The molecule has 0 bridgehead atoms. The van der Waals surface area contributed by atoms with Gasteiger partial charge in [-0.3, -0.25) is 14.4 Å². The number of esters is 1. The molecule has 0 amide bonds. The van der Waals surface area contributed by atoms with Crippen LogP contribution in [-0.4, -0.2) is 58.3 Å². The van der Waals surface area contributed by atoms with Gasteiger partial charge in [-0.15, -0.1) is 0 Å². The summed E-state index contributed by atoms with van der Waals surface area (Å²) in [6, 6.07) is 0. The number of aliphatic hydroxyl groups excluding tert-OH is 3. The van der Waals surface area contributed by atoms with Crippen LogP contribution in [0.3, 0.4) is 0 Å². The first-order valence-corrected chi connectivity index (χ1v) is 5.28. The highest BCUT2D eigenvalue weighted by molar-refractivity contribution is 6.10. The van der Waals surface area contributed by atoms with Crippen LogP contribution in [0.5, 0.6) is 0 Å². The van der Waals surface area contributed by atoms with Gasteiger partial charge in [-0.1, -0.05) is 0 Å². The van der Waals surface area contributed by atoms with Crippen LogP contribution in [0, 0.1) is 5.41 Å². The minimum atomic E-state index is -2.39. The van der Waals surface area contributed by atoms with Crippen LogP contribution in [0.25, 0.3) is 0 Å². The van der Waals surface area contributed by atoms with Gasteiger partial charge in [-0.05, 0) is 13.8 Å². The Morgan fingerprint density at radius 1 is 0.889 bits per heavy atom. The van der Waals surface area contributed by atoms with Crippen molar-refractivity contribution in [1.29, 1.82) is 0 Å². The summed E-state index contributed by atoms with van der Waals surface area (Å²) < 4.78 is 4.78. The highest BCUT2D eigenvalue weighted by atomic mass is 16.6. The maximum Gasteiger partial charge on any atom is 0.304 e. The first-order chi connectivity index (χ1) is 8.24. The van der Waals surface area contributed by atoms with E-state index in [4.69, 9.17) is 4.74 Å². The summed E-state index contributed by atoms with van der Waals surface area (Å²) in [7, 11) is 0. The number of carbonyl (C=O) groups is 3. The van der Waals surface area contributed by atoms with E-state index in [0.717, 1.165) is 20.8 Å². The Morgan fingerprint density at radius 3 is 1.39 bits per heavy atom. The molecule has 0 aliphatic carbocycles. The Hall–Kier alpha value is -1.31. The molecule has 0 aromatic carbocycles. The Labute approximate surface area is 104 Å². The molecule has 0 heterocycles. The van der Waals surface area contributed by atoms with Crippen molar-refractivity contribution in [3.8, 4) is 0 Å². The molecule has 0 fully saturated rings. The van der Waals surface area contributed by atoms with Gasteiger partial charge in [0.2, 0.25) is 5.60 Å². The molecule has 3 N–H and O–H groups in total. The molecular formula is C11H18O7. The SMILES string of the molecule is CC(=O)OC(C(C)=O)(C(C)=O)C(CO)(CO)CO. The minimum absolute atomic E-state index is 0.873. The van der Waals surface area contributed by atoms with E-state index in [1.54, 1.807) is 0 Å². The first kappa shape index (κ1) is 16.7. The summed E-state index contributed by atoms with van der Waals surface area (Å²) >= 11 is 0. The standard InChI is InChI=1S/C11H18O7/c1-7(15)11(8(2)16,18-9(3)17)10(4-12,5-13)6-14/h12-14H,4-6H2,1-3H3. The maximum atomic E-state index is 11.7. The molecule has 0 aromatic heterocycles. The van der Waals surface area contributed by atoms with Crippen molar-refractivity contribution in [2.24, 2.45) is 5.41 Å². The van der Waals surface area contributed by atoms with E-state index >= 15 is 0 Å². The molecular weight excluding hydrogens is 244 g/mol. The average molecular weight is 262 g/mol. The van der Waals surface area contributed by atoms with Crippen LogP contribution in [0.4, 0.5) is 0 Å². The fraction of sp³-hybridized carbons (Fsp3) is 0.727. The Morgan fingerprint density at radius 2 is 1.22 bits per heavy atom. The lowest BCUT2D eigenvalue weighted by Gasteiger charge is -2.43. The van der Waals surface area contributed by atoms with Gasteiger partial charge in [-0.25, -0.2) is 0 Å². The average Bonchev–Trinajstić information content (AvgIpc) is 2.28. The van der Waals surface area contributed by atoms with Crippen LogP contribution in [0.2, 0.25) is 0 Å². The fourth-order valence-electron chi connectivity index (χ4n) is 1.95. The highest BCUT2D eigenvalue weighted by Crippen LogP contribution is 2.36. The molecule has 0 aliphatic rings. The van der Waals surface area contributed by atoms with Gasteiger partial charge in [0.15, 0.2) is 11.6 Å². The molecule has 7 heteroatoms. The number of Topliss-reactive ketones (excluding diaryl/α,β-unsaturated/α-hetero) is 2. The highest BCUT2D eigenvalue weighted by Gasteiger charge is 2.60. The van der Waals surface area contributed by atoms with Gasteiger partial charge in [-0.2, -0.15) is 0 Å². The lowest BCUT2D eigenvalue weighted by molar-refractivity contribution is -0.199. The number of rotatable bonds is 7. The van der Waals surface area contributed by atoms with Gasteiger partial charge >= 0.3 is 5.97 Å². The fourth-order valence-corrected chi connectivity index (χ4v) is 1.95. The van der Waals surface area contributed by atoms with E-state index in [1.165, 1.54) is 0 Å². The van der Waals surface area contributed by atoms with E-state index in [2.05, 4.69) is 0 Å². The molecule has 0 spiro atoms. The van der Waals surface area contributed by atoms with Crippen LogP contribution in [0.15, 0.2) is 0 Å². The number of carbonyl (C=O) groups excluding carboxylic acids is 3. The second-order valence-corrected chi connectivity index (χ2v) is 4.14. The summed E-state index contributed by atoms with van der Waals surface area (Å²) in [5, 5.41) is 27.9. The Balaban J connectivity index is 6.06. The molecule has 0 aliphatic heterocycles. The smallest absolute Gasteiger partial charge is 0.304 e. The largest absolute Gasteiger partial charge is 0.442 e. The summed E-state index contributed by atoms with van der Waals surface area (Å²) in [5.74, 6) is -2.68. The minimum Gasteiger partial charge on any atom is -0.442 e. The van der Waals surface area contributed by atoms with Crippen molar-refractivity contribution in [3.05, 3.63) is 0 Å². The van der Waals surface area contributed by atoms with Crippen LogP contribution >= 0.6 is 0 Å². The summed E-state index contributed by atoms with van der Waals surface area (Å²) in [6.07, 6.45) is 0. The molecule has 104 valence electrons. The zero-order chi connectivity index (χ0) is 14.6. The molecule has 7 nitrogen and oxygen atoms in total. The topological polar surface area (TPSA) is 121 Å². The first-order valence-electron chi connectivity index (χ1n) is 5.28. The predicted molar refractivity (Wildman–Crippen MR) is 59.5 cm³/mol. The molecule has 0 aromatic rings. The number of aliphatic hydroxyl groups is 3. The zero-order valence-corrected chi connectivity index (χ0v) is 10.6. The van der Waals surface area contributed by atoms with Crippen LogP contribution in [0.1, 0.15) is 20.8 Å². The predicted octanol–water partition coefficient (Wildman–Crippen LogP) is -1.57. The molecule has 0 unspecified atom stereocenters. The summed E-state index contributed by atoms with van der Waals surface area (Å²) in [5.41, 5.74) is -4.35. The maximum absolute atomic E-state index is 11.7. The van der Waals surface area contributed by atoms with E-state index in [9.17, 15) is 29.7 Å². The van der Waals surface area contributed by atoms with Crippen molar-refractivity contribution in [2.45, 2.75) is 26.4 Å². The lowest BCUT2D eigenvalue weighted by atomic mass is 9.68. The zero-order valence-electron chi connectivity index (χ0n) is 10.6. The third-order valence-corrected chi connectivity index (χ3v) is 2.94. The third-order valence-electron chi connectivity index (χ3n) is 2.94. The van der Waals surface area contributed by atoms with Crippen molar-refractivity contribution in [3.63, 3.8) is 0 Å². The molecule has 0 saturated heterocycles. The van der Waals surface area contributed by atoms with Crippen molar-refractivity contribution in [2.75, 3.05) is 19.8 Å². The Kier molecular flexibility index (Phi) is 5.59. The molecule has 0 radical (unpaired) electrons. The van der Waals surface area contributed by atoms with Gasteiger partial charge in [0.25, 0.3) is 0 Å². The number of hydrogen-bond donors (Lipinski definition) is 3. The van der Waals surface area contributed by atoms with Gasteiger partial charge < -0.3 is 20.1 Å². The molecule has 0 rings (SSSR count). The molecule has 18 heavy (non-hydrogen) atoms. The monoisotopic (exact) mass is 262 g/mol. The Bertz CT molecular complexity index is 321. The number of ether oxygens (including phenoxy) is 1. The van der Waals surface area contributed by atoms with Gasteiger partial charge in [0.05, 0.1) is 25.2 Å². The van der Waals surface area contributed by atoms with Crippen molar-refractivity contribution >= 4 is 17.5 Å². The molecule has 0 atom stereocenters. The quantitative estimate of drug-likeness (QED) is 0.374. The van der Waals surface area contributed by atoms with Crippen LogP contribution < -0.4 is 0 Å². The van der Waals surface area contributed by atoms with Crippen molar-refractivity contribution < 1.29 is 34.4 Å². The van der Waals surface area contributed by atoms with Gasteiger partial charge in [0.1, 0.15) is 0 Å². The summed E-state index contributed by atoms with van der Waals surface area (Å²) in [6.45, 7) is 0.267. The van der Waals surface area contributed by atoms with E-state index in [-0.39, 0.29) is 0 Å². The lowest BCUT2D eigenvalue weighted by Crippen LogP contribution is -2.65. The van der Waals surface area contributed by atoms with E-state index < -0.39 is 48.4 Å². The van der Waals surface area contributed by atoms with E-state index in [1.807, 2.05) is 0 Å². The molecule has 0 saturated carbocycles.